The van der Waals surface area contributed by atoms with Crippen LogP contribution >= 0.6 is 0 Å². The van der Waals surface area contributed by atoms with Gasteiger partial charge >= 0.3 is 5.51 Å². The number of hydrogen-bond acceptors (Lipinski definition) is 6. The SMILES string of the molecule is O=[N+]([O-])c1cccc([N+](=O)[O-])c1CS(=O)(=O)C(F)(F)F. The molecular weight excluding hydrogens is 309 g/mol. The quantitative estimate of drug-likeness (QED) is 0.618. The predicted octanol–water partition coefficient (Wildman–Crippen LogP) is 1.94. The molecule has 0 amide bonds. The van der Waals surface area contributed by atoms with E-state index < -0.39 is 47.9 Å². The fraction of sp³-hybridized carbons (Fsp3) is 0.250. The number of rotatable bonds is 4. The van der Waals surface area contributed by atoms with Crippen molar-refractivity contribution in [1.82, 2.24) is 0 Å². The Morgan fingerprint density at radius 1 is 1.05 bits per heavy atom. The molecule has 1 rings (SSSR count). The van der Waals surface area contributed by atoms with Gasteiger partial charge in [0.15, 0.2) is 0 Å². The van der Waals surface area contributed by atoms with Crippen molar-refractivity contribution in [3.63, 3.8) is 0 Å². The van der Waals surface area contributed by atoms with Gasteiger partial charge in [-0.05, 0) is 6.07 Å². The van der Waals surface area contributed by atoms with E-state index >= 15 is 0 Å². The molecule has 0 unspecified atom stereocenters. The first-order chi connectivity index (χ1) is 8.97. The summed E-state index contributed by atoms with van der Waals surface area (Å²) in [6.07, 6.45) is 0. The highest BCUT2D eigenvalue weighted by Crippen LogP contribution is 2.34. The standard InChI is InChI=1S/C8H5F3N2O6S/c9-8(10,11)20(18,19)4-5-6(12(14)15)2-1-3-7(5)13(16)17/h1-3H,4H2. The second kappa shape index (κ2) is 5.03. The van der Waals surface area contributed by atoms with E-state index in [0.29, 0.717) is 12.1 Å². The smallest absolute Gasteiger partial charge is 0.258 e. The van der Waals surface area contributed by atoms with Gasteiger partial charge in [-0.2, -0.15) is 13.2 Å². The van der Waals surface area contributed by atoms with Crippen molar-refractivity contribution in [3.8, 4) is 0 Å². The molecule has 0 aromatic heterocycles. The second-order valence-corrected chi connectivity index (χ2v) is 5.47. The van der Waals surface area contributed by atoms with E-state index in [1.807, 2.05) is 0 Å². The minimum Gasteiger partial charge on any atom is -0.258 e. The zero-order chi connectivity index (χ0) is 15.7. The van der Waals surface area contributed by atoms with E-state index in [1.54, 1.807) is 0 Å². The van der Waals surface area contributed by atoms with Crippen molar-refractivity contribution in [2.45, 2.75) is 11.3 Å². The molecule has 110 valence electrons. The first-order valence-electron chi connectivity index (χ1n) is 4.67. The zero-order valence-corrected chi connectivity index (χ0v) is 10.1. The molecule has 0 atom stereocenters. The van der Waals surface area contributed by atoms with Crippen LogP contribution in [0.25, 0.3) is 0 Å². The summed E-state index contributed by atoms with van der Waals surface area (Å²) in [5, 5.41) is 21.3. The van der Waals surface area contributed by atoms with Gasteiger partial charge in [-0.3, -0.25) is 20.2 Å². The molecule has 0 spiro atoms. The fourth-order valence-electron chi connectivity index (χ4n) is 1.32. The number of sulfone groups is 1. The van der Waals surface area contributed by atoms with Crippen LogP contribution in [0.5, 0.6) is 0 Å². The van der Waals surface area contributed by atoms with E-state index in [9.17, 15) is 41.8 Å². The Bertz CT molecular complexity index is 637. The molecule has 0 aliphatic rings. The summed E-state index contributed by atoms with van der Waals surface area (Å²) in [5.74, 6) is -1.87. The molecule has 12 heteroatoms. The van der Waals surface area contributed by atoms with Crippen LogP contribution in [-0.2, 0) is 15.6 Å². The van der Waals surface area contributed by atoms with Crippen LogP contribution in [0, 0.1) is 20.2 Å². The largest absolute Gasteiger partial charge is 0.497 e. The number of nitrogens with zero attached hydrogens (tertiary/aromatic N) is 2. The molecule has 0 saturated carbocycles. The van der Waals surface area contributed by atoms with Crippen molar-refractivity contribution in [2.75, 3.05) is 0 Å². The maximum atomic E-state index is 12.3. The Labute approximate surface area is 109 Å². The van der Waals surface area contributed by atoms with Gasteiger partial charge in [0.1, 0.15) is 5.56 Å². The Kier molecular flexibility index (Phi) is 3.98. The molecule has 0 aliphatic carbocycles. The average molecular weight is 314 g/mol. The van der Waals surface area contributed by atoms with Crippen molar-refractivity contribution >= 4 is 21.2 Å². The highest BCUT2D eigenvalue weighted by molar-refractivity contribution is 7.91. The van der Waals surface area contributed by atoms with E-state index in [1.165, 1.54) is 0 Å². The number of nitro benzene ring substituents is 2. The molecule has 20 heavy (non-hydrogen) atoms. The number of halogens is 3. The summed E-state index contributed by atoms with van der Waals surface area (Å²) in [7, 11) is -5.77. The molecule has 0 bridgehead atoms. The highest BCUT2D eigenvalue weighted by Gasteiger charge is 2.47. The molecule has 0 heterocycles. The molecule has 0 N–H and O–H groups in total. The number of benzene rings is 1. The molecule has 1 aromatic rings. The average Bonchev–Trinajstić information content (AvgIpc) is 2.26. The molecule has 0 aliphatic heterocycles. The Balaban J connectivity index is 3.51. The van der Waals surface area contributed by atoms with Gasteiger partial charge in [0, 0.05) is 12.1 Å². The van der Waals surface area contributed by atoms with E-state index in [0.717, 1.165) is 6.07 Å². The monoisotopic (exact) mass is 314 g/mol. The van der Waals surface area contributed by atoms with Crippen LogP contribution in [0.15, 0.2) is 18.2 Å². The van der Waals surface area contributed by atoms with Crippen LogP contribution < -0.4 is 0 Å². The molecular formula is C8H5F3N2O6S. The second-order valence-electron chi connectivity index (χ2n) is 3.49. The molecule has 0 fully saturated rings. The lowest BCUT2D eigenvalue weighted by Crippen LogP contribution is -2.25. The summed E-state index contributed by atoms with van der Waals surface area (Å²) in [6, 6.07) is 2.25. The van der Waals surface area contributed by atoms with Crippen LogP contribution in [0.4, 0.5) is 24.5 Å². The van der Waals surface area contributed by atoms with Gasteiger partial charge in [0.05, 0.1) is 15.6 Å². The van der Waals surface area contributed by atoms with Crippen molar-refractivity contribution in [3.05, 3.63) is 44.0 Å². The highest BCUT2D eigenvalue weighted by atomic mass is 32.2. The third-order valence-electron chi connectivity index (χ3n) is 2.21. The molecule has 0 radical (unpaired) electrons. The summed E-state index contributed by atoms with van der Waals surface area (Å²) in [5.41, 5.74) is -8.90. The first-order valence-corrected chi connectivity index (χ1v) is 6.32. The number of hydrogen-bond donors (Lipinski definition) is 0. The minimum absolute atomic E-state index is 0.689. The van der Waals surface area contributed by atoms with Gasteiger partial charge in [0.25, 0.3) is 21.2 Å². The van der Waals surface area contributed by atoms with E-state index in [-0.39, 0.29) is 0 Å². The Morgan fingerprint density at radius 2 is 1.45 bits per heavy atom. The Morgan fingerprint density at radius 3 is 1.75 bits per heavy atom. The van der Waals surface area contributed by atoms with Gasteiger partial charge in [-0.1, -0.05) is 0 Å². The van der Waals surface area contributed by atoms with Crippen LogP contribution in [0.1, 0.15) is 5.56 Å². The lowest BCUT2D eigenvalue weighted by atomic mass is 10.1. The van der Waals surface area contributed by atoms with Crippen LogP contribution in [0.3, 0.4) is 0 Å². The van der Waals surface area contributed by atoms with Crippen molar-refractivity contribution in [1.29, 1.82) is 0 Å². The summed E-state index contributed by atoms with van der Waals surface area (Å²) >= 11 is 0. The number of alkyl halides is 3. The van der Waals surface area contributed by atoms with Crippen LogP contribution in [0.2, 0.25) is 0 Å². The molecule has 1 aromatic carbocycles. The lowest BCUT2D eigenvalue weighted by Gasteiger charge is -2.08. The number of nitro groups is 2. The Hall–Kier alpha value is -2.24. The minimum atomic E-state index is -5.77. The van der Waals surface area contributed by atoms with Gasteiger partial charge in [0.2, 0.25) is 0 Å². The predicted molar refractivity (Wildman–Crippen MR) is 58.4 cm³/mol. The van der Waals surface area contributed by atoms with Gasteiger partial charge < -0.3 is 0 Å². The van der Waals surface area contributed by atoms with Gasteiger partial charge in [-0.25, -0.2) is 8.42 Å². The topological polar surface area (TPSA) is 120 Å². The van der Waals surface area contributed by atoms with Gasteiger partial charge in [-0.15, -0.1) is 0 Å². The summed E-state index contributed by atoms with van der Waals surface area (Å²) in [4.78, 5) is 18.9. The zero-order valence-electron chi connectivity index (χ0n) is 9.33. The summed E-state index contributed by atoms with van der Waals surface area (Å²) in [6.45, 7) is 0. The maximum Gasteiger partial charge on any atom is 0.497 e. The maximum absolute atomic E-state index is 12.3. The van der Waals surface area contributed by atoms with E-state index in [4.69, 9.17) is 0 Å². The van der Waals surface area contributed by atoms with Crippen molar-refractivity contribution < 1.29 is 31.4 Å². The normalized spacial score (nSPS) is 12.2. The summed E-state index contributed by atoms with van der Waals surface area (Å²) < 4.78 is 58.8. The van der Waals surface area contributed by atoms with Crippen LogP contribution in [-0.4, -0.2) is 23.8 Å². The lowest BCUT2D eigenvalue weighted by molar-refractivity contribution is -0.395. The first kappa shape index (κ1) is 15.8. The van der Waals surface area contributed by atoms with Crippen molar-refractivity contribution in [2.24, 2.45) is 0 Å². The third-order valence-corrected chi connectivity index (χ3v) is 3.58. The molecule has 8 nitrogen and oxygen atoms in total. The molecule has 0 saturated heterocycles. The third kappa shape index (κ3) is 3.01. The van der Waals surface area contributed by atoms with E-state index in [2.05, 4.69) is 0 Å². The fourth-order valence-corrected chi connectivity index (χ4v) is 2.16.